The van der Waals surface area contributed by atoms with E-state index in [1.165, 1.54) is 5.56 Å². The lowest BCUT2D eigenvalue weighted by molar-refractivity contribution is -0.0985. The van der Waals surface area contributed by atoms with Crippen LogP contribution in [0.25, 0.3) is 15.8 Å². The number of nitrogens with zero attached hydrogens (tertiary/aromatic N) is 2. The minimum atomic E-state index is -0.128. The van der Waals surface area contributed by atoms with Gasteiger partial charge in [0.1, 0.15) is 0 Å². The Morgan fingerprint density at radius 2 is 2.03 bits per heavy atom. The van der Waals surface area contributed by atoms with Crippen molar-refractivity contribution >= 4 is 38.9 Å². The first-order valence-corrected chi connectivity index (χ1v) is 12.6. The van der Waals surface area contributed by atoms with Gasteiger partial charge in [-0.2, -0.15) is 0 Å². The maximum Gasteiger partial charge on any atom is 0.268 e. The number of hydrogen-bond acceptors (Lipinski definition) is 5. The number of aromatic nitrogens is 1. The van der Waals surface area contributed by atoms with Crippen LogP contribution in [0.5, 0.6) is 0 Å². The highest BCUT2D eigenvalue weighted by Crippen LogP contribution is 2.55. The Kier molecular flexibility index (Phi) is 6.28. The SMILES string of the molecule is CC=C=N/C=C(\C)c1ccc(Cn2ccc3scc(C(=O)NNC4CC5(CC(O)C5)C4)c32)cc1. The van der Waals surface area contributed by atoms with Crippen molar-refractivity contribution in [2.24, 2.45) is 10.4 Å². The summed E-state index contributed by atoms with van der Waals surface area (Å²) >= 11 is 1.59. The first kappa shape index (κ1) is 22.8. The highest BCUT2D eigenvalue weighted by atomic mass is 32.1. The molecule has 0 aliphatic heterocycles. The second kappa shape index (κ2) is 9.35. The molecule has 34 heavy (non-hydrogen) atoms. The van der Waals surface area contributed by atoms with E-state index in [9.17, 15) is 9.90 Å². The number of carbonyl (C=O) groups is 1. The minimum absolute atomic E-state index is 0.0985. The van der Waals surface area contributed by atoms with Gasteiger partial charge in [-0.3, -0.25) is 10.2 Å². The Balaban J connectivity index is 1.24. The number of aliphatic hydroxyl groups is 1. The highest BCUT2D eigenvalue weighted by molar-refractivity contribution is 7.17. The Morgan fingerprint density at radius 3 is 2.74 bits per heavy atom. The number of hydrazine groups is 1. The standard InChI is InChI=1S/C27H30N4O2S/c1-3-9-28-15-18(2)20-6-4-19(5-7-20)16-31-10-8-24-25(31)23(17-34-24)26(33)30-29-21-11-27(12-21)13-22(32)14-27/h3-8,10,15,17,21-22,29,32H,11-14,16H2,1-2H3,(H,30,33)/b18-15+. The van der Waals surface area contributed by atoms with Crippen LogP contribution in [-0.4, -0.2) is 33.6 Å². The predicted molar refractivity (Wildman–Crippen MR) is 138 cm³/mol. The summed E-state index contributed by atoms with van der Waals surface area (Å²) in [6.45, 7) is 4.62. The number of nitrogens with one attached hydrogen (secondary N) is 2. The smallest absolute Gasteiger partial charge is 0.268 e. The number of aliphatic imine (C=N–C) groups is 1. The van der Waals surface area contributed by atoms with Crippen molar-refractivity contribution in [1.29, 1.82) is 0 Å². The van der Waals surface area contributed by atoms with Crippen molar-refractivity contribution in [3.63, 3.8) is 0 Å². The van der Waals surface area contributed by atoms with Crippen molar-refractivity contribution in [1.82, 2.24) is 15.4 Å². The molecule has 2 aliphatic rings. The number of carbonyl (C=O) groups excluding carboxylic acids is 1. The monoisotopic (exact) mass is 474 g/mol. The first-order chi connectivity index (χ1) is 16.5. The third kappa shape index (κ3) is 4.52. The number of hydrogen-bond donors (Lipinski definition) is 3. The molecule has 5 rings (SSSR count). The summed E-state index contributed by atoms with van der Waals surface area (Å²) in [7, 11) is 0. The van der Waals surface area contributed by atoms with Crippen LogP contribution >= 0.6 is 11.3 Å². The quantitative estimate of drug-likeness (QED) is 0.337. The molecular weight excluding hydrogens is 444 g/mol. The van der Waals surface area contributed by atoms with E-state index in [4.69, 9.17) is 0 Å². The first-order valence-electron chi connectivity index (χ1n) is 11.8. The van der Waals surface area contributed by atoms with E-state index in [1.54, 1.807) is 17.4 Å². The summed E-state index contributed by atoms with van der Waals surface area (Å²) < 4.78 is 3.25. The minimum Gasteiger partial charge on any atom is -0.393 e. The molecule has 176 valence electrons. The molecule has 1 aromatic carbocycles. The highest BCUT2D eigenvalue weighted by Gasteiger charge is 2.52. The Hall–Kier alpha value is -2.96. The van der Waals surface area contributed by atoms with E-state index in [0.717, 1.165) is 47.0 Å². The second-order valence-electron chi connectivity index (χ2n) is 9.63. The summed E-state index contributed by atoms with van der Waals surface area (Å²) in [6.07, 6.45) is 9.36. The van der Waals surface area contributed by atoms with E-state index in [1.807, 2.05) is 31.6 Å². The Morgan fingerprint density at radius 1 is 1.26 bits per heavy atom. The van der Waals surface area contributed by atoms with Gasteiger partial charge in [0, 0.05) is 30.4 Å². The fraction of sp³-hybridized carbons (Fsp3) is 0.370. The molecule has 3 N–H and O–H groups in total. The van der Waals surface area contributed by atoms with E-state index in [2.05, 4.69) is 56.6 Å². The molecule has 0 radical (unpaired) electrons. The largest absolute Gasteiger partial charge is 0.393 e. The van der Waals surface area contributed by atoms with Crippen molar-refractivity contribution in [3.05, 3.63) is 70.9 Å². The van der Waals surface area contributed by atoms with E-state index >= 15 is 0 Å². The molecule has 0 saturated heterocycles. The number of aliphatic hydroxyl groups excluding tert-OH is 1. The zero-order valence-corrected chi connectivity index (χ0v) is 20.4. The Labute approximate surface area is 203 Å². The summed E-state index contributed by atoms with van der Waals surface area (Å²) in [6, 6.07) is 10.8. The van der Waals surface area contributed by atoms with Gasteiger partial charge in [-0.15, -0.1) is 11.3 Å². The molecule has 3 aromatic rings. The number of allylic oxidation sites excluding steroid dienone is 2. The van der Waals surface area contributed by atoms with E-state index < -0.39 is 0 Å². The summed E-state index contributed by atoms with van der Waals surface area (Å²) in [5, 5.41) is 11.5. The maximum absolute atomic E-state index is 12.9. The lowest BCUT2D eigenvalue weighted by atomic mass is 9.53. The van der Waals surface area contributed by atoms with Gasteiger partial charge in [-0.05, 0) is 79.7 Å². The van der Waals surface area contributed by atoms with Crippen LogP contribution in [0.2, 0.25) is 0 Å². The molecule has 1 spiro atoms. The molecule has 0 unspecified atom stereocenters. The van der Waals surface area contributed by atoms with Crippen LogP contribution in [0.4, 0.5) is 0 Å². The van der Waals surface area contributed by atoms with Gasteiger partial charge < -0.3 is 9.67 Å². The summed E-state index contributed by atoms with van der Waals surface area (Å²) in [5.74, 6) is 2.73. The fourth-order valence-corrected chi connectivity index (χ4v) is 6.20. The number of thiophene rings is 1. The lowest BCUT2D eigenvalue weighted by Gasteiger charge is -2.56. The zero-order valence-electron chi connectivity index (χ0n) is 19.5. The van der Waals surface area contributed by atoms with Gasteiger partial charge in [0.25, 0.3) is 5.91 Å². The molecule has 2 heterocycles. The van der Waals surface area contributed by atoms with Crippen LogP contribution in [-0.2, 0) is 6.54 Å². The lowest BCUT2D eigenvalue weighted by Crippen LogP contribution is -2.59. The molecule has 2 saturated carbocycles. The predicted octanol–water partition coefficient (Wildman–Crippen LogP) is 4.90. The topological polar surface area (TPSA) is 78.7 Å². The molecule has 6 nitrogen and oxygen atoms in total. The zero-order chi connectivity index (χ0) is 23.7. The normalized spacial score (nSPS) is 23.8. The molecular formula is C27H30N4O2S. The van der Waals surface area contributed by atoms with Crippen LogP contribution < -0.4 is 10.9 Å². The van der Waals surface area contributed by atoms with Crippen LogP contribution in [0, 0.1) is 5.41 Å². The fourth-order valence-electron chi connectivity index (χ4n) is 5.25. The number of rotatable bonds is 7. The van der Waals surface area contributed by atoms with Gasteiger partial charge >= 0.3 is 0 Å². The molecule has 0 bridgehead atoms. The third-order valence-corrected chi connectivity index (χ3v) is 7.98. The average molecular weight is 475 g/mol. The van der Waals surface area contributed by atoms with E-state index in [-0.39, 0.29) is 18.1 Å². The van der Waals surface area contributed by atoms with Crippen LogP contribution in [0.3, 0.4) is 0 Å². The number of amides is 1. The molecule has 2 aromatic heterocycles. The van der Waals surface area contributed by atoms with Crippen LogP contribution in [0.1, 0.15) is 61.0 Å². The molecule has 0 atom stereocenters. The Bertz CT molecular complexity index is 1280. The van der Waals surface area contributed by atoms with Gasteiger partial charge in [0.2, 0.25) is 0 Å². The van der Waals surface area contributed by atoms with Crippen molar-refractivity contribution in [2.75, 3.05) is 0 Å². The van der Waals surface area contributed by atoms with Crippen LogP contribution in [0.15, 0.2) is 59.2 Å². The molecule has 2 aliphatic carbocycles. The van der Waals surface area contributed by atoms with Crippen molar-refractivity contribution < 1.29 is 9.90 Å². The third-order valence-electron chi connectivity index (χ3n) is 7.04. The van der Waals surface area contributed by atoms with Gasteiger partial charge in [-0.1, -0.05) is 24.3 Å². The van der Waals surface area contributed by atoms with E-state index in [0.29, 0.717) is 17.5 Å². The summed E-state index contributed by atoms with van der Waals surface area (Å²) in [5.41, 5.74) is 11.5. The van der Waals surface area contributed by atoms with Gasteiger partial charge in [-0.25, -0.2) is 10.4 Å². The molecule has 7 heteroatoms. The number of benzene rings is 1. The maximum atomic E-state index is 12.9. The summed E-state index contributed by atoms with van der Waals surface area (Å²) in [4.78, 5) is 17.1. The van der Waals surface area contributed by atoms with Gasteiger partial charge in [0.05, 0.1) is 21.9 Å². The average Bonchev–Trinajstić information content (AvgIpc) is 3.38. The van der Waals surface area contributed by atoms with Gasteiger partial charge in [0.15, 0.2) is 0 Å². The second-order valence-corrected chi connectivity index (χ2v) is 10.5. The number of fused-ring (bicyclic) bond motifs is 1. The molecule has 2 fully saturated rings. The van der Waals surface area contributed by atoms with Crippen molar-refractivity contribution in [2.45, 2.75) is 58.2 Å². The van der Waals surface area contributed by atoms with Crippen molar-refractivity contribution in [3.8, 4) is 0 Å². The molecule has 1 amide bonds.